The minimum atomic E-state index is 0. The fourth-order valence-corrected chi connectivity index (χ4v) is 0. The molecule has 0 aliphatic rings. The Kier molecular flexibility index (Phi) is 1240. The molecule has 0 bridgehead atoms. The van der Waals surface area contributed by atoms with Gasteiger partial charge in [-0.25, -0.2) is 0 Å². The van der Waals surface area contributed by atoms with Gasteiger partial charge in [0.05, 0.1) is 0 Å². The molecule has 26 valence electrons. The molecule has 0 aliphatic carbocycles. The van der Waals surface area contributed by atoms with Crippen LogP contribution in [0, 0.1) is 11.8 Å². The molecule has 4 heteroatoms. The summed E-state index contributed by atoms with van der Waals surface area (Å²) in [5.41, 5.74) is 0. The van der Waals surface area contributed by atoms with Crippen LogP contribution in [0.3, 0.4) is 0 Å². The van der Waals surface area contributed by atoms with Gasteiger partial charge >= 0.3 is 37.7 Å². The van der Waals surface area contributed by atoms with Crippen molar-refractivity contribution in [1.29, 1.82) is 5.26 Å². The number of hydrogen-bond donors (Lipinski definition) is 1. The second-order valence-corrected chi connectivity index (χ2v) is 0. The second-order valence-electron chi connectivity index (χ2n) is 0. The van der Waals surface area contributed by atoms with E-state index < -0.39 is 0 Å². The van der Waals surface area contributed by atoms with E-state index in [0.29, 0.717) is 0 Å². The smallest absolute Gasteiger partial charge is 0.693 e. The third-order valence-corrected chi connectivity index (χ3v) is 0. The van der Waals surface area contributed by atoms with E-state index in [4.69, 9.17) is 11.8 Å². The molecule has 0 unspecified atom stereocenters. The molecule has 3 nitrogen and oxygen atoms in total. The minimum absolute atomic E-state index is 0. The largest absolute Gasteiger partial charge is 2.00 e. The predicted molar refractivity (Wildman–Crippen MR) is 21.0 cm³/mol. The average molecular weight is 99.2 g/mol. The summed E-state index contributed by atoms with van der Waals surface area (Å²) < 4.78 is 0. The zero-order valence-corrected chi connectivity index (χ0v) is 5.15. The zero-order valence-electron chi connectivity index (χ0n) is 2.94. The van der Waals surface area contributed by atoms with E-state index in [-0.39, 0.29) is 50.0 Å². The molecule has 0 heterocycles. The molecule has 0 aliphatic heterocycles. The van der Waals surface area contributed by atoms with Crippen LogP contribution in [0.5, 0.6) is 0 Å². The molecule has 0 saturated carbocycles. The van der Waals surface area contributed by atoms with Crippen molar-refractivity contribution in [2.45, 2.75) is 0 Å². The van der Waals surface area contributed by atoms with Crippen LogP contribution in [0.1, 0.15) is 0 Å². The van der Waals surface area contributed by atoms with Crippen molar-refractivity contribution in [3.63, 3.8) is 0 Å². The molecule has 0 aromatic rings. The maximum absolute atomic E-state index is 6.25. The van der Waals surface area contributed by atoms with Gasteiger partial charge in [0.25, 0.3) is 0 Å². The van der Waals surface area contributed by atoms with Gasteiger partial charge in [0.1, 0.15) is 0 Å². The molecule has 0 saturated heterocycles. The standard InChI is InChI=1S/CN.Ca.H3N.H2N/c1-2;;;/h;;1H3;1H2/q-1;+2;;-1. The van der Waals surface area contributed by atoms with Gasteiger partial charge in [0.2, 0.25) is 0 Å². The zero-order chi connectivity index (χ0) is 2.00. The first kappa shape index (κ1) is 44.3. The molecule has 0 spiro atoms. The Morgan fingerprint density at radius 1 is 1.20 bits per heavy atom. The van der Waals surface area contributed by atoms with Crippen LogP contribution in [0.25, 0.3) is 6.15 Å². The van der Waals surface area contributed by atoms with Gasteiger partial charge < -0.3 is 24.1 Å². The van der Waals surface area contributed by atoms with Crippen LogP contribution in [0.4, 0.5) is 0 Å². The van der Waals surface area contributed by atoms with Gasteiger partial charge in [-0.2, -0.15) is 0 Å². The molecule has 5 heavy (non-hydrogen) atoms. The quantitative estimate of drug-likeness (QED) is 0.355. The van der Waals surface area contributed by atoms with Crippen molar-refractivity contribution in [3.05, 3.63) is 12.7 Å². The summed E-state index contributed by atoms with van der Waals surface area (Å²) in [6, 6.07) is 0. The van der Waals surface area contributed by atoms with E-state index in [0.717, 1.165) is 0 Å². The first-order valence-electron chi connectivity index (χ1n) is 0.224. The Labute approximate surface area is 61.5 Å². The van der Waals surface area contributed by atoms with Gasteiger partial charge in [-0.15, -0.1) is 0 Å². The van der Waals surface area contributed by atoms with Crippen LogP contribution < -0.4 is 6.15 Å². The minimum Gasteiger partial charge on any atom is -0.693 e. The Hall–Kier alpha value is 0.670. The number of nitrogens with zero attached hydrogens (tertiary/aromatic N) is 1. The van der Waals surface area contributed by atoms with Gasteiger partial charge in [-0.05, 0) is 0 Å². The molecule has 0 aromatic carbocycles. The van der Waals surface area contributed by atoms with E-state index in [1.807, 2.05) is 0 Å². The van der Waals surface area contributed by atoms with Crippen molar-refractivity contribution in [2.75, 3.05) is 0 Å². The van der Waals surface area contributed by atoms with Gasteiger partial charge in [0.15, 0.2) is 0 Å². The summed E-state index contributed by atoms with van der Waals surface area (Å²) >= 11 is 0. The van der Waals surface area contributed by atoms with Crippen molar-refractivity contribution >= 4 is 37.7 Å². The van der Waals surface area contributed by atoms with E-state index in [2.05, 4.69) is 0 Å². The summed E-state index contributed by atoms with van der Waals surface area (Å²) in [6.07, 6.45) is 0. The van der Waals surface area contributed by atoms with Crippen LogP contribution in [0.2, 0.25) is 0 Å². The van der Waals surface area contributed by atoms with Crippen LogP contribution in [-0.2, 0) is 0 Å². The van der Waals surface area contributed by atoms with Crippen molar-refractivity contribution < 1.29 is 0 Å². The molecule has 0 radical (unpaired) electrons. The molecular weight excluding hydrogens is 94.1 g/mol. The van der Waals surface area contributed by atoms with Crippen molar-refractivity contribution in [1.82, 2.24) is 6.15 Å². The summed E-state index contributed by atoms with van der Waals surface area (Å²) in [5.74, 6) is 0. The van der Waals surface area contributed by atoms with E-state index in [9.17, 15) is 0 Å². The fraction of sp³-hybridized carbons (Fsp3) is 0. The first-order chi connectivity index (χ1) is 1.00. The Balaban J connectivity index is -0.00000000167. The maximum atomic E-state index is 6.25. The summed E-state index contributed by atoms with van der Waals surface area (Å²) in [7, 11) is 0. The van der Waals surface area contributed by atoms with Crippen LogP contribution in [-0.4, -0.2) is 37.7 Å². The van der Waals surface area contributed by atoms with E-state index >= 15 is 0 Å². The normalized spacial score (nSPS) is 0.400. The molecule has 0 fully saturated rings. The summed E-state index contributed by atoms with van der Waals surface area (Å²) in [4.78, 5) is 0. The third kappa shape index (κ3) is 74.2. The van der Waals surface area contributed by atoms with Gasteiger partial charge in [0, 0.05) is 0 Å². The van der Waals surface area contributed by atoms with Crippen LogP contribution >= 0.6 is 0 Å². The molecule has 0 atom stereocenters. The molecule has 5 N–H and O–H groups in total. The Morgan fingerprint density at radius 2 is 1.20 bits per heavy atom. The molecular formula is CH5CaN3. The van der Waals surface area contributed by atoms with Gasteiger partial charge in [-0.3, -0.25) is 0 Å². The SMILES string of the molecule is N.[C-]#N.[Ca+2].[NH2-]. The molecule has 0 aromatic heterocycles. The Morgan fingerprint density at radius 3 is 1.20 bits per heavy atom. The Bertz CT molecular complexity index is 11.6. The topological polar surface area (TPSA) is 92.3 Å². The van der Waals surface area contributed by atoms with Crippen LogP contribution in [0.15, 0.2) is 0 Å². The second kappa shape index (κ2) is 140. The predicted octanol–water partition coefficient (Wildman–Crippen LogP) is 0.595. The van der Waals surface area contributed by atoms with Crippen molar-refractivity contribution in [3.8, 4) is 0 Å². The maximum Gasteiger partial charge on any atom is 2.00 e. The van der Waals surface area contributed by atoms with E-state index in [1.165, 1.54) is 0 Å². The monoisotopic (exact) mass is 99.0 g/mol. The fourth-order valence-electron chi connectivity index (χ4n) is 0. The van der Waals surface area contributed by atoms with Crippen molar-refractivity contribution in [2.24, 2.45) is 0 Å². The number of rotatable bonds is 0. The van der Waals surface area contributed by atoms with E-state index in [1.54, 1.807) is 0 Å². The third-order valence-electron chi connectivity index (χ3n) is 0. The average Bonchev–Trinajstić information content (AvgIpc) is 1.00. The number of nitrogens with two attached hydrogens (primary N) is 1. The summed E-state index contributed by atoms with van der Waals surface area (Å²) in [5, 5.41) is 6.25. The summed E-state index contributed by atoms with van der Waals surface area (Å²) in [6.45, 7) is 4.75. The molecule has 0 rings (SSSR count). The van der Waals surface area contributed by atoms with Gasteiger partial charge in [-0.1, -0.05) is 0 Å². The number of hydrogen-bond acceptors (Lipinski definition) is 2. The first-order valence-corrected chi connectivity index (χ1v) is 0.224. The molecule has 0 amide bonds.